The smallest absolute Gasteiger partial charge is 0.254 e. The number of nitrogens with zero attached hydrogens (tertiary/aromatic N) is 3. The lowest BCUT2D eigenvalue weighted by atomic mass is 10.1. The second-order valence-corrected chi connectivity index (χ2v) is 6.96. The number of aliphatic hydroxyl groups excluding tert-OH is 1. The van der Waals surface area contributed by atoms with Gasteiger partial charge in [-0.1, -0.05) is 12.1 Å². The first-order chi connectivity index (χ1) is 12.5. The van der Waals surface area contributed by atoms with Crippen molar-refractivity contribution in [3.8, 4) is 0 Å². The number of alkyl halides is 1. The van der Waals surface area contributed by atoms with Crippen LogP contribution in [0.15, 0.2) is 36.5 Å². The number of β-amino-alcohol motifs (C(OH)–C–C–N with tert-alkyl or cyclic N) is 1. The Balaban J connectivity index is 1.49. The lowest BCUT2D eigenvalue weighted by molar-refractivity contribution is -0.133. The highest BCUT2D eigenvalue weighted by Crippen LogP contribution is 2.35. The van der Waals surface area contributed by atoms with Gasteiger partial charge in [-0.05, 0) is 24.6 Å². The molecule has 1 saturated carbocycles. The number of amides is 2. The Kier molecular flexibility index (Phi) is 4.32. The molecule has 2 aliphatic rings. The van der Waals surface area contributed by atoms with Crippen molar-refractivity contribution in [2.75, 3.05) is 26.2 Å². The van der Waals surface area contributed by atoms with Gasteiger partial charge in [-0.2, -0.15) is 0 Å². The van der Waals surface area contributed by atoms with Gasteiger partial charge in [0.25, 0.3) is 5.91 Å². The fourth-order valence-corrected chi connectivity index (χ4v) is 3.41. The first-order valence-corrected chi connectivity index (χ1v) is 8.78. The number of carbonyl (C=O) groups is 2. The summed E-state index contributed by atoms with van der Waals surface area (Å²) in [5, 5.41) is 11.2. The van der Waals surface area contributed by atoms with Crippen LogP contribution in [0.3, 0.4) is 0 Å². The molecule has 4 rings (SSSR count). The van der Waals surface area contributed by atoms with Gasteiger partial charge in [0, 0.05) is 43.3 Å². The molecular formula is C19H20FN3O3. The summed E-state index contributed by atoms with van der Waals surface area (Å²) in [6, 6.07) is 9.07. The molecule has 0 spiro atoms. The summed E-state index contributed by atoms with van der Waals surface area (Å²) in [7, 11) is 0. The van der Waals surface area contributed by atoms with Crippen molar-refractivity contribution in [3.63, 3.8) is 0 Å². The number of aromatic nitrogens is 1. The molecule has 2 amide bonds. The average molecular weight is 357 g/mol. The molecule has 0 radical (unpaired) electrons. The van der Waals surface area contributed by atoms with E-state index < -0.39 is 18.2 Å². The molecule has 1 aromatic carbocycles. The van der Waals surface area contributed by atoms with Crippen molar-refractivity contribution in [1.29, 1.82) is 0 Å². The number of benzene rings is 1. The van der Waals surface area contributed by atoms with E-state index in [9.17, 15) is 19.1 Å². The molecular weight excluding hydrogens is 337 g/mol. The summed E-state index contributed by atoms with van der Waals surface area (Å²) < 4.78 is 13.2. The molecule has 26 heavy (non-hydrogen) atoms. The Labute approximate surface area is 150 Å². The average Bonchev–Trinajstić information content (AvgIpc) is 3.41. The highest BCUT2D eigenvalue weighted by Gasteiger charge is 2.46. The number of aliphatic hydroxyl groups is 1. The van der Waals surface area contributed by atoms with Crippen LogP contribution in [0.5, 0.6) is 0 Å². The standard InChI is InChI=1S/C19H20FN3O3/c20-16-9-15(16)19(26)23-7-6-22(10-14(24)11-23)18(25)13-4-3-12-2-1-5-21-17(12)8-13/h1-5,8,14-16,24H,6-7,9-11H2/t14?,15-,16-/m1/s1. The van der Waals surface area contributed by atoms with E-state index in [0.717, 1.165) is 10.9 Å². The van der Waals surface area contributed by atoms with Gasteiger partial charge in [0.15, 0.2) is 0 Å². The number of fused-ring (bicyclic) bond motifs is 1. The van der Waals surface area contributed by atoms with Crippen LogP contribution in [0.4, 0.5) is 4.39 Å². The predicted molar refractivity (Wildman–Crippen MR) is 93.2 cm³/mol. The van der Waals surface area contributed by atoms with Gasteiger partial charge in [0.1, 0.15) is 6.17 Å². The number of halogens is 1. The first-order valence-electron chi connectivity index (χ1n) is 8.78. The van der Waals surface area contributed by atoms with Crippen molar-refractivity contribution in [3.05, 3.63) is 42.1 Å². The molecule has 136 valence electrons. The number of hydrogen-bond donors (Lipinski definition) is 1. The fourth-order valence-electron chi connectivity index (χ4n) is 3.41. The number of pyridine rings is 1. The minimum Gasteiger partial charge on any atom is -0.389 e. The van der Waals surface area contributed by atoms with Gasteiger partial charge in [0.2, 0.25) is 5.91 Å². The zero-order valence-corrected chi connectivity index (χ0v) is 14.2. The molecule has 6 nitrogen and oxygen atoms in total. The molecule has 0 bridgehead atoms. The van der Waals surface area contributed by atoms with Gasteiger partial charge in [-0.25, -0.2) is 4.39 Å². The topological polar surface area (TPSA) is 73.7 Å². The molecule has 7 heteroatoms. The maximum Gasteiger partial charge on any atom is 0.254 e. The second-order valence-electron chi connectivity index (χ2n) is 6.96. The van der Waals surface area contributed by atoms with Crippen LogP contribution in [0.2, 0.25) is 0 Å². The zero-order chi connectivity index (χ0) is 18.3. The van der Waals surface area contributed by atoms with Gasteiger partial charge in [0.05, 0.1) is 17.5 Å². The Morgan fingerprint density at radius 1 is 1.15 bits per heavy atom. The lowest BCUT2D eigenvalue weighted by Crippen LogP contribution is -2.39. The van der Waals surface area contributed by atoms with Gasteiger partial charge >= 0.3 is 0 Å². The third-order valence-corrected chi connectivity index (χ3v) is 4.98. The highest BCUT2D eigenvalue weighted by atomic mass is 19.1. The summed E-state index contributed by atoms with van der Waals surface area (Å²) in [4.78, 5) is 32.3. The Hall–Kier alpha value is -2.54. The fraction of sp³-hybridized carbons (Fsp3) is 0.421. The summed E-state index contributed by atoms with van der Waals surface area (Å²) in [5.41, 5.74) is 1.22. The van der Waals surface area contributed by atoms with Crippen LogP contribution in [-0.4, -0.2) is 70.2 Å². The van der Waals surface area contributed by atoms with Crippen molar-refractivity contribution < 1.29 is 19.1 Å². The van der Waals surface area contributed by atoms with Gasteiger partial charge in [-0.3, -0.25) is 14.6 Å². The lowest BCUT2D eigenvalue weighted by Gasteiger charge is -2.22. The van der Waals surface area contributed by atoms with E-state index in [0.29, 0.717) is 18.7 Å². The Bertz CT molecular complexity index is 859. The second kappa shape index (κ2) is 6.64. The van der Waals surface area contributed by atoms with Crippen molar-refractivity contribution in [2.24, 2.45) is 5.92 Å². The van der Waals surface area contributed by atoms with E-state index >= 15 is 0 Å². The largest absolute Gasteiger partial charge is 0.389 e. The maximum absolute atomic E-state index is 13.2. The van der Waals surface area contributed by atoms with E-state index in [1.165, 1.54) is 4.90 Å². The Morgan fingerprint density at radius 3 is 2.65 bits per heavy atom. The quantitative estimate of drug-likeness (QED) is 0.878. The number of rotatable bonds is 2. The predicted octanol–water partition coefficient (Wildman–Crippen LogP) is 1.24. The zero-order valence-electron chi connectivity index (χ0n) is 14.2. The molecule has 1 saturated heterocycles. The summed E-state index contributed by atoms with van der Waals surface area (Å²) in [5.74, 6) is -1.04. The monoisotopic (exact) mass is 357 g/mol. The van der Waals surface area contributed by atoms with E-state index in [1.54, 1.807) is 23.2 Å². The van der Waals surface area contributed by atoms with Crippen molar-refractivity contribution >= 4 is 22.7 Å². The number of hydrogen-bond acceptors (Lipinski definition) is 4. The van der Waals surface area contributed by atoms with Crippen LogP contribution in [0, 0.1) is 5.92 Å². The van der Waals surface area contributed by atoms with Crippen LogP contribution in [0.1, 0.15) is 16.8 Å². The molecule has 2 aromatic rings. The summed E-state index contributed by atoms with van der Waals surface area (Å²) >= 11 is 0. The summed E-state index contributed by atoms with van der Waals surface area (Å²) in [6.07, 6.45) is 0.0238. The molecule has 1 aliphatic heterocycles. The van der Waals surface area contributed by atoms with Crippen LogP contribution in [0.25, 0.3) is 10.9 Å². The van der Waals surface area contributed by atoms with E-state index in [4.69, 9.17) is 0 Å². The van der Waals surface area contributed by atoms with Gasteiger partial charge < -0.3 is 14.9 Å². The highest BCUT2D eigenvalue weighted by molar-refractivity contribution is 5.97. The first kappa shape index (κ1) is 16.9. The molecule has 1 aromatic heterocycles. The van der Waals surface area contributed by atoms with E-state index in [2.05, 4.69) is 4.98 Å². The Morgan fingerprint density at radius 2 is 1.88 bits per heavy atom. The van der Waals surface area contributed by atoms with E-state index in [-0.39, 0.29) is 31.3 Å². The van der Waals surface area contributed by atoms with Gasteiger partial charge in [-0.15, -0.1) is 0 Å². The normalized spacial score (nSPS) is 25.8. The molecule has 2 fully saturated rings. The van der Waals surface area contributed by atoms with Crippen molar-refractivity contribution in [1.82, 2.24) is 14.8 Å². The molecule has 3 atom stereocenters. The molecule has 1 aliphatic carbocycles. The molecule has 1 unspecified atom stereocenters. The minimum absolute atomic E-state index is 0.130. The SMILES string of the molecule is O=C(c1ccc2cccnc2c1)N1CCN(C(=O)[C@@H]2C[C@H]2F)CC(O)C1. The van der Waals surface area contributed by atoms with E-state index in [1.807, 2.05) is 18.2 Å². The third-order valence-electron chi connectivity index (χ3n) is 4.98. The van der Waals surface area contributed by atoms with Crippen molar-refractivity contribution in [2.45, 2.75) is 18.7 Å². The van der Waals surface area contributed by atoms with Crippen LogP contribution in [-0.2, 0) is 4.79 Å². The maximum atomic E-state index is 13.2. The minimum atomic E-state index is -1.06. The molecule has 2 heterocycles. The number of carbonyl (C=O) groups excluding carboxylic acids is 2. The third kappa shape index (κ3) is 3.26. The summed E-state index contributed by atoms with van der Waals surface area (Å²) in [6.45, 7) is 0.889. The van der Waals surface area contributed by atoms with Crippen LogP contribution < -0.4 is 0 Å². The van der Waals surface area contributed by atoms with Crippen LogP contribution >= 0.6 is 0 Å². The molecule has 1 N–H and O–H groups in total.